The number of halogens is 1. The molecule has 1 heterocycles. The number of hydrogen-bond donors (Lipinski definition) is 0. The molecule has 1 fully saturated rings. The number of thioether (sulfide) groups is 1. The van der Waals surface area contributed by atoms with E-state index in [1.54, 1.807) is 24.3 Å². The Morgan fingerprint density at radius 1 is 1.08 bits per heavy atom. The van der Waals surface area contributed by atoms with Crippen LogP contribution in [0.25, 0.3) is 6.08 Å². The first-order valence-electron chi connectivity index (χ1n) is 11.4. The number of aryl methyl sites for hydroxylation is 1. The van der Waals surface area contributed by atoms with Gasteiger partial charge in [0.15, 0.2) is 11.5 Å². The number of rotatable bonds is 9. The Morgan fingerprint density at radius 3 is 2.59 bits per heavy atom. The lowest BCUT2D eigenvalue weighted by Gasteiger charge is -2.15. The number of para-hydroxylation sites is 1. The van der Waals surface area contributed by atoms with Gasteiger partial charge < -0.3 is 9.47 Å². The summed E-state index contributed by atoms with van der Waals surface area (Å²) in [5.41, 5.74) is 2.93. The summed E-state index contributed by atoms with van der Waals surface area (Å²) in [4.78, 5) is 37.7. The van der Waals surface area contributed by atoms with E-state index in [-0.39, 0.29) is 22.7 Å². The molecule has 1 aliphatic rings. The normalized spacial score (nSPS) is 14.4. The minimum atomic E-state index is -0.528. The third-order valence-electron chi connectivity index (χ3n) is 5.49. The van der Waals surface area contributed by atoms with Gasteiger partial charge in [-0.15, -0.1) is 0 Å². The zero-order valence-electron chi connectivity index (χ0n) is 20.1. The smallest absolute Gasteiger partial charge is 0.293 e. The van der Waals surface area contributed by atoms with E-state index in [1.807, 2.05) is 38.1 Å². The predicted octanol–water partition coefficient (Wildman–Crippen LogP) is 6.88. The van der Waals surface area contributed by atoms with Gasteiger partial charge in [0, 0.05) is 11.6 Å². The lowest BCUT2D eigenvalue weighted by Crippen LogP contribution is -2.27. The van der Waals surface area contributed by atoms with Gasteiger partial charge in [-0.1, -0.05) is 48.0 Å². The highest BCUT2D eigenvalue weighted by molar-refractivity contribution is 9.10. The first kappa shape index (κ1) is 26.4. The molecule has 0 spiro atoms. The second-order valence-corrected chi connectivity index (χ2v) is 10.0. The number of amides is 2. The molecular formula is C27H23BrN2O6S. The average molecular weight is 583 g/mol. The number of ether oxygens (including phenoxy) is 2. The van der Waals surface area contributed by atoms with Crippen molar-refractivity contribution in [2.24, 2.45) is 0 Å². The largest absolute Gasteiger partial charge is 0.490 e. The quantitative estimate of drug-likeness (QED) is 0.154. The molecule has 0 unspecified atom stereocenters. The van der Waals surface area contributed by atoms with Crippen molar-refractivity contribution in [3.63, 3.8) is 0 Å². The molecule has 0 aromatic heterocycles. The fourth-order valence-corrected chi connectivity index (χ4v) is 5.22. The molecular weight excluding hydrogens is 560 g/mol. The number of carbonyl (C=O) groups is 2. The highest BCUT2D eigenvalue weighted by Gasteiger charge is 2.36. The third-order valence-corrected chi connectivity index (χ3v) is 6.98. The van der Waals surface area contributed by atoms with Crippen LogP contribution in [0.5, 0.6) is 11.5 Å². The lowest BCUT2D eigenvalue weighted by atomic mass is 10.1. The Bertz CT molecular complexity index is 1410. The van der Waals surface area contributed by atoms with E-state index in [9.17, 15) is 19.7 Å². The van der Waals surface area contributed by atoms with Crippen LogP contribution < -0.4 is 9.47 Å². The van der Waals surface area contributed by atoms with Crippen molar-refractivity contribution in [2.45, 2.75) is 27.0 Å². The molecule has 2 amide bonds. The van der Waals surface area contributed by atoms with E-state index in [0.717, 1.165) is 27.8 Å². The van der Waals surface area contributed by atoms with Crippen molar-refractivity contribution in [3.05, 3.63) is 102 Å². The molecule has 190 valence electrons. The second kappa shape index (κ2) is 11.6. The lowest BCUT2D eigenvalue weighted by molar-refractivity contribution is -0.385. The molecule has 0 atom stereocenters. The molecule has 4 rings (SSSR count). The van der Waals surface area contributed by atoms with Crippen LogP contribution >= 0.6 is 27.7 Å². The van der Waals surface area contributed by atoms with Crippen LogP contribution in [-0.4, -0.2) is 27.6 Å². The summed E-state index contributed by atoms with van der Waals surface area (Å²) in [5.74, 6) is 0.516. The molecule has 0 N–H and O–H groups in total. The number of hydrogen-bond acceptors (Lipinski definition) is 7. The van der Waals surface area contributed by atoms with Gasteiger partial charge in [0.1, 0.15) is 6.61 Å². The number of nitrogens with zero attached hydrogens (tertiary/aromatic N) is 2. The highest BCUT2D eigenvalue weighted by atomic mass is 79.9. The monoisotopic (exact) mass is 582 g/mol. The van der Waals surface area contributed by atoms with Gasteiger partial charge in [-0.2, -0.15) is 0 Å². The standard InChI is InChI=1S/C27H23BrN2O6S/c1-3-35-23-13-19(12-21(28)25(23)36-16-18-8-6-7-17(2)11-18)14-24-26(31)29(27(32)37-24)15-20-9-4-5-10-22(20)30(33)34/h4-14H,3,15-16H2,1-2H3/b24-14-. The van der Waals surface area contributed by atoms with Crippen molar-refractivity contribution < 1.29 is 24.0 Å². The van der Waals surface area contributed by atoms with Crippen molar-refractivity contribution >= 4 is 50.6 Å². The minimum absolute atomic E-state index is 0.142. The van der Waals surface area contributed by atoms with Crippen LogP contribution in [0.2, 0.25) is 0 Å². The van der Waals surface area contributed by atoms with E-state index in [2.05, 4.69) is 15.9 Å². The summed E-state index contributed by atoms with van der Waals surface area (Å²) >= 11 is 4.33. The Hall–Kier alpha value is -3.63. The molecule has 0 aliphatic carbocycles. The first-order chi connectivity index (χ1) is 17.8. The number of imide groups is 1. The van der Waals surface area contributed by atoms with Crippen LogP contribution in [0, 0.1) is 17.0 Å². The Labute approximate surface area is 226 Å². The molecule has 8 nitrogen and oxygen atoms in total. The molecule has 0 radical (unpaired) electrons. The Morgan fingerprint density at radius 2 is 1.86 bits per heavy atom. The molecule has 3 aromatic carbocycles. The third kappa shape index (κ3) is 6.20. The van der Waals surface area contributed by atoms with Crippen LogP contribution in [0.1, 0.15) is 29.2 Å². The topological polar surface area (TPSA) is 99.0 Å². The van der Waals surface area contributed by atoms with Gasteiger partial charge in [0.05, 0.1) is 27.5 Å². The highest BCUT2D eigenvalue weighted by Crippen LogP contribution is 2.40. The van der Waals surface area contributed by atoms with Crippen molar-refractivity contribution in [1.29, 1.82) is 0 Å². The fourth-order valence-electron chi connectivity index (χ4n) is 3.81. The van der Waals surface area contributed by atoms with E-state index >= 15 is 0 Å². The van der Waals surface area contributed by atoms with Crippen molar-refractivity contribution in [1.82, 2.24) is 4.90 Å². The number of benzene rings is 3. The molecule has 0 saturated carbocycles. The summed E-state index contributed by atoms with van der Waals surface area (Å²) < 4.78 is 12.5. The SMILES string of the molecule is CCOc1cc(/C=C2\SC(=O)N(Cc3ccccc3[N+](=O)[O-])C2=O)cc(Br)c1OCc1cccc(C)c1. The van der Waals surface area contributed by atoms with Gasteiger partial charge in [0.25, 0.3) is 16.8 Å². The Kier molecular flexibility index (Phi) is 8.30. The van der Waals surface area contributed by atoms with Gasteiger partial charge in [-0.3, -0.25) is 24.6 Å². The zero-order chi connectivity index (χ0) is 26.5. The number of nitro benzene ring substituents is 1. The van der Waals surface area contributed by atoms with E-state index in [4.69, 9.17) is 9.47 Å². The van der Waals surface area contributed by atoms with E-state index in [0.29, 0.717) is 34.7 Å². The van der Waals surface area contributed by atoms with E-state index in [1.165, 1.54) is 18.2 Å². The number of nitro groups is 1. The minimum Gasteiger partial charge on any atom is -0.490 e. The molecule has 10 heteroatoms. The van der Waals surface area contributed by atoms with Gasteiger partial charge in [-0.05, 0) is 70.9 Å². The van der Waals surface area contributed by atoms with Gasteiger partial charge >= 0.3 is 0 Å². The Balaban J connectivity index is 1.57. The van der Waals surface area contributed by atoms with Crippen LogP contribution in [0.4, 0.5) is 10.5 Å². The second-order valence-electron chi connectivity index (χ2n) is 8.19. The predicted molar refractivity (Wildman–Crippen MR) is 145 cm³/mol. The first-order valence-corrected chi connectivity index (χ1v) is 13.0. The summed E-state index contributed by atoms with van der Waals surface area (Å²) in [6, 6.07) is 17.6. The molecule has 3 aromatic rings. The maximum atomic E-state index is 13.0. The summed E-state index contributed by atoms with van der Waals surface area (Å²) in [7, 11) is 0. The van der Waals surface area contributed by atoms with Crippen LogP contribution in [0.15, 0.2) is 70.0 Å². The summed E-state index contributed by atoms with van der Waals surface area (Å²) in [5, 5.41) is 10.8. The van der Waals surface area contributed by atoms with Crippen molar-refractivity contribution in [2.75, 3.05) is 6.61 Å². The molecule has 1 saturated heterocycles. The van der Waals surface area contributed by atoms with Gasteiger partial charge in [0.2, 0.25) is 0 Å². The van der Waals surface area contributed by atoms with Crippen LogP contribution in [0.3, 0.4) is 0 Å². The maximum Gasteiger partial charge on any atom is 0.293 e. The average Bonchev–Trinajstić information content (AvgIpc) is 3.11. The summed E-state index contributed by atoms with van der Waals surface area (Å²) in [6.45, 7) is 4.45. The summed E-state index contributed by atoms with van der Waals surface area (Å²) in [6.07, 6.45) is 1.60. The molecule has 37 heavy (non-hydrogen) atoms. The van der Waals surface area contributed by atoms with Gasteiger partial charge in [-0.25, -0.2) is 0 Å². The number of carbonyl (C=O) groups excluding carboxylic acids is 2. The molecule has 0 bridgehead atoms. The molecule has 1 aliphatic heterocycles. The fraction of sp³-hybridized carbons (Fsp3) is 0.185. The zero-order valence-corrected chi connectivity index (χ0v) is 22.5. The maximum absolute atomic E-state index is 13.0. The van der Waals surface area contributed by atoms with Crippen molar-refractivity contribution in [3.8, 4) is 11.5 Å². The van der Waals surface area contributed by atoms with Crippen LogP contribution in [-0.2, 0) is 17.9 Å². The van der Waals surface area contributed by atoms with E-state index < -0.39 is 16.1 Å².